The first-order valence-electron chi connectivity index (χ1n) is 11.7. The molecule has 0 amide bonds. The molecule has 0 unspecified atom stereocenters. The number of nitrogens with zero attached hydrogens (tertiary/aromatic N) is 4. The molecule has 1 saturated heterocycles. The van der Waals surface area contributed by atoms with Gasteiger partial charge in [0.15, 0.2) is 17.0 Å². The number of halogens is 2. The van der Waals surface area contributed by atoms with Gasteiger partial charge >= 0.3 is 0 Å². The maximum atomic E-state index is 15.2. The summed E-state index contributed by atoms with van der Waals surface area (Å²) >= 11 is 6.12. The Kier molecular flexibility index (Phi) is 6.48. The Morgan fingerprint density at radius 2 is 1.66 bits per heavy atom. The summed E-state index contributed by atoms with van der Waals surface area (Å²) in [6.45, 7) is 6.94. The number of imidazole rings is 1. The van der Waals surface area contributed by atoms with Gasteiger partial charge in [-0.05, 0) is 15.4 Å². The first-order chi connectivity index (χ1) is 16.8. The van der Waals surface area contributed by atoms with Crippen LogP contribution in [-0.2, 0) is 9.16 Å². The number of aromatic nitrogens is 4. The Morgan fingerprint density at radius 1 is 1.03 bits per heavy atom. The van der Waals surface area contributed by atoms with Crippen LogP contribution >= 0.6 is 11.6 Å². The Labute approximate surface area is 210 Å². The fourth-order valence-electron chi connectivity index (χ4n) is 5.04. The predicted octanol–water partition coefficient (Wildman–Crippen LogP) is 4.68. The van der Waals surface area contributed by atoms with Gasteiger partial charge in [-0.15, -0.1) is 0 Å². The van der Waals surface area contributed by atoms with Gasteiger partial charge in [-0.1, -0.05) is 93.0 Å². The third kappa shape index (κ3) is 4.29. The van der Waals surface area contributed by atoms with Gasteiger partial charge in [0.25, 0.3) is 8.32 Å². The molecule has 1 fully saturated rings. The zero-order valence-corrected chi connectivity index (χ0v) is 21.7. The van der Waals surface area contributed by atoms with E-state index in [1.54, 1.807) is 4.57 Å². The van der Waals surface area contributed by atoms with Gasteiger partial charge in [0, 0.05) is 6.42 Å². The standard InChI is InChI=1S/C26H28ClFN4O2Si/c1-26(2,3)35(19-10-6-4-7-11-19,20-12-8-5-9-13-20)33-15-18-14-21(28)25(34-18)32-17-31-22-23(27)29-16-30-24(22)32/h4-13,16-18,21,25H,14-15H2,1-3H3/t18-,21-,25+/m0/s1. The van der Waals surface area contributed by atoms with Gasteiger partial charge < -0.3 is 9.16 Å². The maximum Gasteiger partial charge on any atom is 0.261 e. The molecular formula is C26H28ClFN4O2Si. The molecule has 2 aromatic heterocycles. The van der Waals surface area contributed by atoms with Crippen LogP contribution in [0.1, 0.15) is 33.4 Å². The summed E-state index contributed by atoms with van der Waals surface area (Å²) in [5.74, 6) is 0. The van der Waals surface area contributed by atoms with Crippen molar-refractivity contribution in [3.63, 3.8) is 0 Å². The minimum absolute atomic E-state index is 0.170. The Hall–Kier alpha value is -2.65. The van der Waals surface area contributed by atoms with Crippen molar-refractivity contribution >= 4 is 41.5 Å². The average molecular weight is 511 g/mol. The van der Waals surface area contributed by atoms with E-state index in [0.717, 1.165) is 0 Å². The monoisotopic (exact) mass is 510 g/mol. The van der Waals surface area contributed by atoms with Crippen LogP contribution in [0.15, 0.2) is 73.3 Å². The molecule has 0 spiro atoms. The van der Waals surface area contributed by atoms with Gasteiger partial charge in [-0.2, -0.15) is 0 Å². The topological polar surface area (TPSA) is 62.1 Å². The van der Waals surface area contributed by atoms with Crippen LogP contribution < -0.4 is 10.4 Å². The van der Waals surface area contributed by atoms with E-state index in [9.17, 15) is 0 Å². The van der Waals surface area contributed by atoms with Gasteiger partial charge in [0.05, 0.1) is 19.0 Å². The molecule has 6 nitrogen and oxygen atoms in total. The van der Waals surface area contributed by atoms with E-state index >= 15 is 4.39 Å². The molecule has 0 bridgehead atoms. The summed E-state index contributed by atoms with van der Waals surface area (Å²) in [5, 5.41) is 2.42. The van der Waals surface area contributed by atoms with E-state index in [1.807, 2.05) is 36.4 Å². The molecule has 2 aromatic carbocycles. The molecule has 1 aliphatic rings. The minimum Gasteiger partial charge on any atom is -0.405 e. The number of alkyl halides is 1. The summed E-state index contributed by atoms with van der Waals surface area (Å²) in [6, 6.07) is 20.8. The van der Waals surface area contributed by atoms with Crippen LogP contribution in [-0.4, -0.2) is 46.7 Å². The van der Waals surface area contributed by atoms with Crippen molar-refractivity contribution in [1.82, 2.24) is 19.5 Å². The Bertz CT molecular complexity index is 1260. The molecule has 1 aliphatic heterocycles. The van der Waals surface area contributed by atoms with Crippen LogP contribution in [0, 0.1) is 0 Å². The zero-order valence-electron chi connectivity index (χ0n) is 19.9. The summed E-state index contributed by atoms with van der Waals surface area (Å²) in [6.07, 6.45) is 0.586. The second-order valence-corrected chi connectivity index (χ2v) is 14.5. The van der Waals surface area contributed by atoms with Crippen molar-refractivity contribution in [2.45, 2.75) is 50.7 Å². The third-order valence-electron chi connectivity index (χ3n) is 6.62. The van der Waals surface area contributed by atoms with Crippen molar-refractivity contribution in [2.75, 3.05) is 6.61 Å². The van der Waals surface area contributed by atoms with E-state index in [1.165, 1.54) is 23.0 Å². The number of rotatable bonds is 6. The van der Waals surface area contributed by atoms with E-state index in [2.05, 4.69) is 60.0 Å². The highest BCUT2D eigenvalue weighted by Gasteiger charge is 2.51. The van der Waals surface area contributed by atoms with E-state index in [4.69, 9.17) is 20.8 Å². The minimum atomic E-state index is -2.74. The molecule has 0 N–H and O–H groups in total. The largest absolute Gasteiger partial charge is 0.405 e. The number of hydrogen-bond acceptors (Lipinski definition) is 5. The van der Waals surface area contributed by atoms with Crippen LogP contribution in [0.3, 0.4) is 0 Å². The lowest BCUT2D eigenvalue weighted by molar-refractivity contribution is -0.0326. The van der Waals surface area contributed by atoms with Gasteiger partial charge in [-0.25, -0.2) is 19.3 Å². The van der Waals surface area contributed by atoms with Crippen molar-refractivity contribution in [1.29, 1.82) is 0 Å². The second kappa shape index (κ2) is 9.42. The molecule has 4 aromatic rings. The molecule has 3 atom stereocenters. The Morgan fingerprint density at radius 3 is 2.26 bits per heavy atom. The van der Waals surface area contributed by atoms with Gasteiger partial charge in [0.2, 0.25) is 0 Å². The second-order valence-electron chi connectivity index (χ2n) is 9.86. The van der Waals surface area contributed by atoms with E-state index in [0.29, 0.717) is 11.2 Å². The highest BCUT2D eigenvalue weighted by Crippen LogP contribution is 2.39. The summed E-state index contributed by atoms with van der Waals surface area (Å²) in [7, 11) is -2.74. The van der Waals surface area contributed by atoms with Crippen molar-refractivity contribution in [2.24, 2.45) is 0 Å². The highest BCUT2D eigenvalue weighted by molar-refractivity contribution is 6.99. The molecule has 9 heteroatoms. The SMILES string of the molecule is CC(C)(C)[Si](OC[C@@H]1C[C@H](F)[C@H](n2cnc3c(Cl)ncnc32)O1)(c1ccccc1)c1ccccc1. The molecule has 182 valence electrons. The molecule has 0 aliphatic carbocycles. The van der Waals surface area contributed by atoms with Crippen LogP contribution in [0.4, 0.5) is 4.39 Å². The number of fused-ring (bicyclic) bond motifs is 1. The van der Waals surface area contributed by atoms with Crippen LogP contribution in [0.25, 0.3) is 11.2 Å². The predicted molar refractivity (Wildman–Crippen MR) is 137 cm³/mol. The van der Waals surface area contributed by atoms with Crippen LogP contribution in [0.2, 0.25) is 10.2 Å². The van der Waals surface area contributed by atoms with Crippen molar-refractivity contribution in [3.8, 4) is 0 Å². The third-order valence-corrected chi connectivity index (χ3v) is 11.9. The number of benzene rings is 2. The van der Waals surface area contributed by atoms with E-state index < -0.39 is 26.8 Å². The fourth-order valence-corrected chi connectivity index (χ4v) is 9.81. The first kappa shape index (κ1) is 24.1. The molecular weight excluding hydrogens is 483 g/mol. The quantitative estimate of drug-likeness (QED) is 0.278. The highest BCUT2D eigenvalue weighted by atomic mass is 35.5. The number of hydrogen-bond donors (Lipinski definition) is 0. The van der Waals surface area contributed by atoms with Crippen molar-refractivity contribution in [3.05, 3.63) is 78.5 Å². The Balaban J connectivity index is 1.44. The summed E-state index contributed by atoms with van der Waals surface area (Å²) in [5.41, 5.74) is 0.878. The van der Waals surface area contributed by atoms with Crippen molar-refractivity contribution < 1.29 is 13.6 Å². The molecule has 5 rings (SSSR count). The molecule has 0 radical (unpaired) electrons. The number of ether oxygens (including phenoxy) is 1. The van der Waals surface area contributed by atoms with E-state index in [-0.39, 0.29) is 23.2 Å². The zero-order chi connectivity index (χ0) is 24.6. The lowest BCUT2D eigenvalue weighted by Crippen LogP contribution is -2.67. The maximum absolute atomic E-state index is 15.2. The lowest BCUT2D eigenvalue weighted by atomic mass is 10.2. The molecule has 0 saturated carbocycles. The summed E-state index contributed by atoms with van der Waals surface area (Å²) < 4.78 is 30.0. The smallest absolute Gasteiger partial charge is 0.261 e. The fraction of sp³-hybridized carbons (Fsp3) is 0.346. The van der Waals surface area contributed by atoms with Gasteiger partial charge in [0.1, 0.15) is 18.0 Å². The van der Waals surface area contributed by atoms with Gasteiger partial charge in [-0.3, -0.25) is 4.57 Å². The molecule has 3 heterocycles. The average Bonchev–Trinajstić information content (AvgIpc) is 3.44. The molecule has 35 heavy (non-hydrogen) atoms. The van der Waals surface area contributed by atoms with Crippen LogP contribution in [0.5, 0.6) is 0 Å². The first-order valence-corrected chi connectivity index (χ1v) is 14.0. The normalized spacial score (nSPS) is 21.0. The summed E-state index contributed by atoms with van der Waals surface area (Å²) in [4.78, 5) is 12.4. The lowest BCUT2D eigenvalue weighted by Gasteiger charge is -2.43.